The average Bonchev–Trinajstić information content (AvgIpc) is 2.73. The van der Waals surface area contributed by atoms with Crippen LogP contribution in [0.15, 0.2) is 72.8 Å². The summed E-state index contributed by atoms with van der Waals surface area (Å²) in [5.41, 5.74) is 3.75. The van der Waals surface area contributed by atoms with Gasteiger partial charge < -0.3 is 14.8 Å². The molecule has 0 saturated heterocycles. The van der Waals surface area contributed by atoms with Crippen molar-refractivity contribution in [1.29, 1.82) is 0 Å². The van der Waals surface area contributed by atoms with Crippen molar-refractivity contribution in [3.63, 3.8) is 0 Å². The number of ether oxygens (including phenoxy) is 2. The smallest absolute Gasteiger partial charge is 0.251 e. The highest BCUT2D eigenvalue weighted by atomic mass is 16.5. The van der Waals surface area contributed by atoms with Crippen molar-refractivity contribution in [2.24, 2.45) is 0 Å². The second kappa shape index (κ2) is 9.78. The Balaban J connectivity index is 1.73. The third-order valence-corrected chi connectivity index (χ3v) is 4.40. The fourth-order valence-corrected chi connectivity index (χ4v) is 3.01. The van der Waals surface area contributed by atoms with E-state index in [-0.39, 0.29) is 11.9 Å². The fourth-order valence-electron chi connectivity index (χ4n) is 3.01. The molecule has 3 rings (SSSR count). The predicted molar refractivity (Wildman–Crippen MR) is 116 cm³/mol. The van der Waals surface area contributed by atoms with E-state index in [2.05, 4.69) is 17.4 Å². The maximum atomic E-state index is 12.3. The van der Waals surface area contributed by atoms with Gasteiger partial charge in [-0.25, -0.2) is 0 Å². The van der Waals surface area contributed by atoms with E-state index in [0.29, 0.717) is 18.8 Å². The van der Waals surface area contributed by atoms with Crippen LogP contribution >= 0.6 is 0 Å². The second-order valence-electron chi connectivity index (χ2n) is 7.06. The van der Waals surface area contributed by atoms with Gasteiger partial charge >= 0.3 is 0 Å². The topological polar surface area (TPSA) is 47.6 Å². The SMILES string of the molecule is CCOc1ccc(C(=O)NC(C)C)cc1COc1ccc(-c2ccccc2)cc1. The highest BCUT2D eigenvalue weighted by molar-refractivity contribution is 5.94. The van der Waals surface area contributed by atoms with Gasteiger partial charge in [0.1, 0.15) is 18.1 Å². The summed E-state index contributed by atoms with van der Waals surface area (Å²) >= 11 is 0. The average molecular weight is 389 g/mol. The molecule has 0 aliphatic rings. The fraction of sp³-hybridized carbons (Fsp3) is 0.240. The maximum absolute atomic E-state index is 12.3. The van der Waals surface area contributed by atoms with Crippen molar-refractivity contribution in [2.75, 3.05) is 6.61 Å². The van der Waals surface area contributed by atoms with E-state index < -0.39 is 0 Å². The number of hydrogen-bond donors (Lipinski definition) is 1. The molecule has 0 aromatic heterocycles. The normalized spacial score (nSPS) is 10.6. The molecule has 0 heterocycles. The molecule has 4 nitrogen and oxygen atoms in total. The number of amides is 1. The summed E-state index contributed by atoms with van der Waals surface area (Å²) in [5, 5.41) is 2.91. The lowest BCUT2D eigenvalue weighted by Crippen LogP contribution is -2.30. The molecule has 0 aliphatic heterocycles. The summed E-state index contributed by atoms with van der Waals surface area (Å²) in [7, 11) is 0. The highest BCUT2D eigenvalue weighted by Crippen LogP contribution is 2.25. The molecule has 4 heteroatoms. The molecule has 1 N–H and O–H groups in total. The third kappa shape index (κ3) is 5.61. The molecule has 0 unspecified atom stereocenters. The Kier molecular flexibility index (Phi) is 6.90. The summed E-state index contributed by atoms with van der Waals surface area (Å²) in [5.74, 6) is 1.40. The van der Waals surface area contributed by atoms with Crippen LogP contribution in [0.1, 0.15) is 36.7 Å². The van der Waals surface area contributed by atoms with Crippen molar-refractivity contribution >= 4 is 5.91 Å². The van der Waals surface area contributed by atoms with Gasteiger partial charge in [0.15, 0.2) is 0 Å². The first kappa shape index (κ1) is 20.5. The first-order chi connectivity index (χ1) is 14.1. The number of carbonyl (C=O) groups is 1. The van der Waals surface area contributed by atoms with Crippen molar-refractivity contribution < 1.29 is 14.3 Å². The van der Waals surface area contributed by atoms with Gasteiger partial charge in [-0.2, -0.15) is 0 Å². The summed E-state index contributed by atoms with van der Waals surface area (Å²) in [6.45, 7) is 6.69. The maximum Gasteiger partial charge on any atom is 0.251 e. The van der Waals surface area contributed by atoms with Crippen LogP contribution in [-0.2, 0) is 6.61 Å². The zero-order valence-electron chi connectivity index (χ0n) is 17.1. The first-order valence-corrected chi connectivity index (χ1v) is 9.91. The monoisotopic (exact) mass is 389 g/mol. The standard InChI is InChI=1S/C25H27NO3/c1-4-28-24-15-12-21(25(27)26-18(2)3)16-22(24)17-29-23-13-10-20(11-14-23)19-8-6-5-7-9-19/h5-16,18H,4,17H2,1-3H3,(H,26,27). The van der Waals surface area contributed by atoms with Gasteiger partial charge in [-0.15, -0.1) is 0 Å². The van der Waals surface area contributed by atoms with E-state index in [1.54, 1.807) is 6.07 Å². The molecule has 3 aromatic rings. The minimum atomic E-state index is -0.100. The van der Waals surface area contributed by atoms with E-state index in [9.17, 15) is 4.79 Å². The van der Waals surface area contributed by atoms with Crippen LogP contribution in [0.25, 0.3) is 11.1 Å². The Hall–Kier alpha value is -3.27. The number of benzene rings is 3. The second-order valence-corrected chi connectivity index (χ2v) is 7.06. The molecule has 0 atom stereocenters. The van der Waals surface area contributed by atoms with E-state index >= 15 is 0 Å². The Morgan fingerprint density at radius 3 is 2.24 bits per heavy atom. The van der Waals surface area contributed by atoms with Gasteiger partial charge in [0.05, 0.1) is 6.61 Å². The molecule has 3 aromatic carbocycles. The Morgan fingerprint density at radius 1 is 0.897 bits per heavy atom. The highest BCUT2D eigenvalue weighted by Gasteiger charge is 2.12. The van der Waals surface area contributed by atoms with Crippen LogP contribution in [-0.4, -0.2) is 18.6 Å². The van der Waals surface area contributed by atoms with E-state index in [0.717, 1.165) is 22.6 Å². The Morgan fingerprint density at radius 2 is 1.59 bits per heavy atom. The van der Waals surface area contributed by atoms with Gasteiger partial charge in [-0.1, -0.05) is 42.5 Å². The van der Waals surface area contributed by atoms with Crippen molar-refractivity contribution in [1.82, 2.24) is 5.32 Å². The van der Waals surface area contributed by atoms with Gasteiger partial charge in [0.2, 0.25) is 0 Å². The largest absolute Gasteiger partial charge is 0.493 e. The third-order valence-electron chi connectivity index (χ3n) is 4.40. The number of nitrogens with one attached hydrogen (secondary N) is 1. The molecule has 0 spiro atoms. The van der Waals surface area contributed by atoms with Gasteiger partial charge in [-0.3, -0.25) is 4.79 Å². The molecule has 0 aliphatic carbocycles. The lowest BCUT2D eigenvalue weighted by Gasteiger charge is -2.14. The van der Waals surface area contributed by atoms with Crippen molar-refractivity contribution in [3.8, 4) is 22.6 Å². The quantitative estimate of drug-likeness (QED) is 0.556. The van der Waals surface area contributed by atoms with E-state index in [1.807, 2.05) is 75.4 Å². The minimum Gasteiger partial charge on any atom is -0.493 e. The van der Waals surface area contributed by atoms with E-state index in [1.165, 1.54) is 5.56 Å². The lowest BCUT2D eigenvalue weighted by atomic mass is 10.1. The summed E-state index contributed by atoms with van der Waals surface area (Å²) in [4.78, 5) is 12.3. The van der Waals surface area contributed by atoms with E-state index in [4.69, 9.17) is 9.47 Å². The zero-order valence-corrected chi connectivity index (χ0v) is 17.1. The van der Waals surface area contributed by atoms with Crippen LogP contribution < -0.4 is 14.8 Å². The van der Waals surface area contributed by atoms with Gasteiger partial charge in [-0.05, 0) is 62.2 Å². The Bertz CT molecular complexity index is 934. The Labute approximate surface area is 172 Å². The van der Waals surface area contributed by atoms with Gasteiger partial charge in [0, 0.05) is 17.2 Å². The predicted octanol–water partition coefficient (Wildman–Crippen LogP) is 5.47. The number of hydrogen-bond acceptors (Lipinski definition) is 3. The number of carbonyl (C=O) groups excluding carboxylic acids is 1. The lowest BCUT2D eigenvalue weighted by molar-refractivity contribution is 0.0943. The van der Waals surface area contributed by atoms with Crippen LogP contribution in [0, 0.1) is 0 Å². The summed E-state index contributed by atoms with van der Waals surface area (Å²) in [6, 6.07) is 23.7. The van der Waals surface area contributed by atoms with Crippen molar-refractivity contribution in [2.45, 2.75) is 33.4 Å². The molecule has 0 saturated carbocycles. The molecule has 0 fully saturated rings. The first-order valence-electron chi connectivity index (χ1n) is 9.91. The molecule has 0 radical (unpaired) electrons. The molecular weight excluding hydrogens is 362 g/mol. The van der Waals surface area contributed by atoms with Crippen molar-refractivity contribution in [3.05, 3.63) is 83.9 Å². The van der Waals surface area contributed by atoms with Crippen LogP contribution in [0.3, 0.4) is 0 Å². The van der Waals surface area contributed by atoms with Crippen LogP contribution in [0.5, 0.6) is 11.5 Å². The van der Waals surface area contributed by atoms with Crippen LogP contribution in [0.2, 0.25) is 0 Å². The minimum absolute atomic E-state index is 0.0805. The van der Waals surface area contributed by atoms with Crippen LogP contribution in [0.4, 0.5) is 0 Å². The number of rotatable bonds is 8. The molecule has 0 bridgehead atoms. The summed E-state index contributed by atoms with van der Waals surface area (Å²) in [6.07, 6.45) is 0. The molecule has 150 valence electrons. The van der Waals surface area contributed by atoms with Gasteiger partial charge in [0.25, 0.3) is 5.91 Å². The molecule has 29 heavy (non-hydrogen) atoms. The summed E-state index contributed by atoms with van der Waals surface area (Å²) < 4.78 is 11.7. The molecular formula is C25H27NO3. The molecule has 1 amide bonds. The zero-order chi connectivity index (χ0) is 20.6.